The monoisotopic (exact) mass is 576 g/mol. The van der Waals surface area contributed by atoms with Crippen molar-refractivity contribution in [1.29, 1.82) is 0 Å². The second-order valence-electron chi connectivity index (χ2n) is 10.6. The molecule has 0 amide bonds. The molecule has 1 aliphatic carbocycles. The smallest absolute Gasteiger partial charge is 0.406 e. The van der Waals surface area contributed by atoms with Crippen molar-refractivity contribution in [3.8, 4) is 5.75 Å². The number of benzene rings is 2. The van der Waals surface area contributed by atoms with Crippen LogP contribution in [0, 0.1) is 0 Å². The van der Waals surface area contributed by atoms with Crippen molar-refractivity contribution in [1.82, 2.24) is 9.80 Å². The second-order valence-corrected chi connectivity index (χ2v) is 10.6. The van der Waals surface area contributed by atoms with Crippen LogP contribution in [0.5, 0.6) is 5.75 Å². The number of alkyl halides is 3. The van der Waals surface area contributed by atoms with E-state index in [0.717, 1.165) is 64.0 Å². The lowest BCUT2D eigenvalue weighted by Crippen LogP contribution is -2.51. The number of halogens is 5. The van der Waals surface area contributed by atoms with Crippen molar-refractivity contribution in [3.63, 3.8) is 0 Å². The summed E-state index contributed by atoms with van der Waals surface area (Å²) in [5.74, 6) is 0.0429. The summed E-state index contributed by atoms with van der Waals surface area (Å²) in [5.41, 5.74) is 1.19. The van der Waals surface area contributed by atoms with Crippen LogP contribution >= 0.6 is 24.8 Å². The van der Waals surface area contributed by atoms with Crippen LogP contribution in [-0.2, 0) is 0 Å². The van der Waals surface area contributed by atoms with Gasteiger partial charge in [-0.25, -0.2) is 0 Å². The highest BCUT2D eigenvalue weighted by atomic mass is 35.5. The summed E-state index contributed by atoms with van der Waals surface area (Å²) in [7, 11) is 0. The van der Waals surface area contributed by atoms with E-state index in [-0.39, 0.29) is 36.5 Å². The van der Waals surface area contributed by atoms with Gasteiger partial charge in [0.2, 0.25) is 0 Å². The Hall–Kier alpha value is -1.51. The van der Waals surface area contributed by atoms with Gasteiger partial charge >= 0.3 is 6.36 Å². The molecule has 4 nitrogen and oxygen atoms in total. The molecule has 2 aromatic carbocycles. The largest absolute Gasteiger partial charge is 0.573 e. The van der Waals surface area contributed by atoms with Crippen LogP contribution < -0.4 is 4.74 Å². The molecule has 1 heterocycles. The van der Waals surface area contributed by atoms with Crippen molar-refractivity contribution in [3.05, 3.63) is 65.7 Å². The molecule has 2 aliphatic rings. The molecular formula is C29H41Cl2F3N2O2. The normalized spacial score (nSPS) is 20.0. The van der Waals surface area contributed by atoms with Gasteiger partial charge in [-0.2, -0.15) is 0 Å². The van der Waals surface area contributed by atoms with Gasteiger partial charge in [0.25, 0.3) is 0 Å². The fourth-order valence-electron chi connectivity index (χ4n) is 5.80. The molecule has 38 heavy (non-hydrogen) atoms. The van der Waals surface area contributed by atoms with E-state index in [2.05, 4.69) is 45.7 Å². The molecule has 2 atom stereocenters. The summed E-state index contributed by atoms with van der Waals surface area (Å²) in [5, 5.41) is 11.6. The van der Waals surface area contributed by atoms with E-state index in [1.165, 1.54) is 17.7 Å². The van der Waals surface area contributed by atoms with Gasteiger partial charge in [-0.05, 0) is 55.0 Å². The average molecular weight is 578 g/mol. The van der Waals surface area contributed by atoms with Crippen molar-refractivity contribution >= 4 is 24.8 Å². The van der Waals surface area contributed by atoms with Gasteiger partial charge in [-0.1, -0.05) is 68.7 Å². The molecule has 2 aromatic rings. The minimum absolute atomic E-state index is 0. The summed E-state index contributed by atoms with van der Waals surface area (Å²) >= 11 is 0. The minimum Gasteiger partial charge on any atom is -0.406 e. The van der Waals surface area contributed by atoms with Gasteiger partial charge in [0, 0.05) is 38.6 Å². The molecule has 1 unspecified atom stereocenters. The lowest BCUT2D eigenvalue weighted by Gasteiger charge is -2.43. The molecule has 0 spiro atoms. The topological polar surface area (TPSA) is 35.9 Å². The number of ether oxygens (including phenoxy) is 1. The van der Waals surface area contributed by atoms with Crippen molar-refractivity contribution < 1.29 is 23.0 Å². The molecule has 1 saturated heterocycles. The Balaban J connectivity index is 0.00000253. The molecule has 0 radical (unpaired) electrons. The van der Waals surface area contributed by atoms with Gasteiger partial charge in [0.1, 0.15) is 5.75 Å². The van der Waals surface area contributed by atoms with E-state index in [4.69, 9.17) is 0 Å². The molecule has 2 fully saturated rings. The Labute approximate surface area is 237 Å². The van der Waals surface area contributed by atoms with Gasteiger partial charge in [0.05, 0.1) is 5.60 Å². The van der Waals surface area contributed by atoms with Crippen LogP contribution in [0.1, 0.15) is 68.4 Å². The summed E-state index contributed by atoms with van der Waals surface area (Å²) in [4.78, 5) is 4.86. The number of aliphatic hydroxyl groups is 1. The third kappa shape index (κ3) is 9.30. The molecule has 1 aliphatic heterocycles. The van der Waals surface area contributed by atoms with Gasteiger partial charge in [-0.15, -0.1) is 38.0 Å². The van der Waals surface area contributed by atoms with Crippen molar-refractivity contribution in [2.45, 2.75) is 69.2 Å². The first-order chi connectivity index (χ1) is 17.2. The second kappa shape index (κ2) is 14.8. The van der Waals surface area contributed by atoms with Crippen LogP contribution in [0.3, 0.4) is 0 Å². The van der Waals surface area contributed by atoms with Gasteiger partial charge < -0.3 is 19.6 Å². The quantitative estimate of drug-likeness (QED) is 0.348. The van der Waals surface area contributed by atoms with E-state index in [1.807, 2.05) is 12.1 Å². The Morgan fingerprint density at radius 1 is 0.868 bits per heavy atom. The van der Waals surface area contributed by atoms with Crippen LogP contribution in [-0.4, -0.2) is 66.1 Å². The molecule has 214 valence electrons. The third-order valence-corrected chi connectivity index (χ3v) is 8.01. The molecule has 1 saturated carbocycles. The number of hydrogen-bond acceptors (Lipinski definition) is 4. The first-order valence-corrected chi connectivity index (χ1v) is 13.3. The zero-order chi connectivity index (χ0) is 25.6. The Morgan fingerprint density at radius 2 is 1.47 bits per heavy atom. The summed E-state index contributed by atoms with van der Waals surface area (Å²) in [6.07, 6.45) is 0.714. The third-order valence-electron chi connectivity index (χ3n) is 8.01. The molecular weight excluding hydrogens is 536 g/mol. The van der Waals surface area contributed by atoms with Crippen LogP contribution in [0.25, 0.3) is 0 Å². The minimum atomic E-state index is -4.73. The molecule has 0 bridgehead atoms. The maximum Gasteiger partial charge on any atom is 0.573 e. The summed E-state index contributed by atoms with van der Waals surface area (Å²) < 4.78 is 42.7. The zero-order valence-corrected chi connectivity index (χ0v) is 23.7. The summed E-state index contributed by atoms with van der Waals surface area (Å²) in [6.45, 7) is 7.68. The fraction of sp³-hybridized carbons (Fsp3) is 0.586. The zero-order valence-electron chi connectivity index (χ0n) is 22.0. The number of rotatable bonds is 9. The predicted octanol–water partition coefficient (Wildman–Crippen LogP) is 7.02. The van der Waals surface area contributed by atoms with E-state index in [9.17, 15) is 18.3 Å². The van der Waals surface area contributed by atoms with Crippen molar-refractivity contribution in [2.75, 3.05) is 39.3 Å². The number of hydrogen-bond donors (Lipinski definition) is 1. The van der Waals surface area contributed by atoms with Crippen LogP contribution in [0.2, 0.25) is 0 Å². The van der Waals surface area contributed by atoms with Crippen molar-refractivity contribution in [2.24, 2.45) is 0 Å². The van der Waals surface area contributed by atoms with E-state index in [1.54, 1.807) is 6.07 Å². The lowest BCUT2D eigenvalue weighted by atomic mass is 9.72. The van der Waals surface area contributed by atoms with Gasteiger partial charge in [-0.3, -0.25) is 0 Å². The first kappa shape index (κ1) is 32.7. The SMILES string of the molecule is CC(CCN1CCN(C[C@H](c2cccc(OC(F)(F)F)c2)C2(O)CCCCC2)CC1)c1ccccc1.Cl.Cl. The highest BCUT2D eigenvalue weighted by molar-refractivity contribution is 5.85. The molecule has 9 heteroatoms. The first-order valence-electron chi connectivity index (χ1n) is 13.3. The fourth-order valence-corrected chi connectivity index (χ4v) is 5.80. The standard InChI is InChI=1S/C29H39F3N2O2.2ClH/c1-23(24-9-4-2-5-10-24)13-16-33-17-19-34(20-18-33)22-27(28(35)14-6-3-7-15-28)25-11-8-12-26(21-25)36-29(30,31)32;;/h2,4-5,8-12,21,23,27,35H,3,6-7,13-20,22H2,1H3;2*1H/t23?,27-;;/m1../s1. The average Bonchev–Trinajstić information content (AvgIpc) is 2.86. The molecule has 1 N–H and O–H groups in total. The Bertz CT molecular complexity index is 950. The van der Waals surface area contributed by atoms with Gasteiger partial charge in [0.15, 0.2) is 0 Å². The summed E-state index contributed by atoms with van der Waals surface area (Å²) in [6, 6.07) is 16.8. The number of nitrogens with zero attached hydrogens (tertiary/aromatic N) is 2. The molecule has 4 rings (SSSR count). The maximum atomic E-state index is 12.8. The van der Waals surface area contributed by atoms with Crippen LogP contribution in [0.15, 0.2) is 54.6 Å². The Morgan fingerprint density at radius 3 is 2.11 bits per heavy atom. The Kier molecular flexibility index (Phi) is 12.7. The lowest BCUT2D eigenvalue weighted by molar-refractivity contribution is -0.274. The highest BCUT2D eigenvalue weighted by Crippen LogP contribution is 2.41. The highest BCUT2D eigenvalue weighted by Gasteiger charge is 2.40. The molecule has 0 aromatic heterocycles. The van der Waals surface area contributed by atoms with Crippen LogP contribution in [0.4, 0.5) is 13.2 Å². The number of piperazine rings is 1. The predicted molar refractivity (Wildman–Crippen MR) is 151 cm³/mol. The maximum absolute atomic E-state index is 12.8. The van der Waals surface area contributed by atoms with E-state index in [0.29, 0.717) is 25.3 Å². The van der Waals surface area contributed by atoms with E-state index >= 15 is 0 Å². The van der Waals surface area contributed by atoms with E-state index < -0.39 is 12.0 Å².